The van der Waals surface area contributed by atoms with E-state index in [0.29, 0.717) is 23.1 Å². The Bertz CT molecular complexity index is 771. The number of nitrogens with one attached hydrogen (secondary N) is 2. The average molecular weight is 332 g/mol. The van der Waals surface area contributed by atoms with Gasteiger partial charge < -0.3 is 19.9 Å². The van der Waals surface area contributed by atoms with Crippen LogP contribution in [0.4, 0.5) is 5.95 Å². The van der Waals surface area contributed by atoms with Crippen molar-refractivity contribution in [3.63, 3.8) is 0 Å². The Morgan fingerprint density at radius 3 is 2.62 bits per heavy atom. The molecule has 1 saturated carbocycles. The number of rotatable bonds is 3. The molecule has 2 N–H and O–H groups in total. The molecule has 0 amide bonds. The summed E-state index contributed by atoms with van der Waals surface area (Å²) in [7, 11) is 1.71. The van der Waals surface area contributed by atoms with Crippen molar-refractivity contribution in [2.75, 3.05) is 31.1 Å². The van der Waals surface area contributed by atoms with Crippen molar-refractivity contribution in [2.45, 2.75) is 38.2 Å². The Balaban J connectivity index is 1.65. The van der Waals surface area contributed by atoms with Gasteiger partial charge in [0.15, 0.2) is 11.2 Å². The van der Waals surface area contributed by atoms with Crippen LogP contribution in [-0.4, -0.2) is 51.8 Å². The third-order valence-electron chi connectivity index (χ3n) is 4.92. The lowest BCUT2D eigenvalue weighted by Gasteiger charge is -2.26. The van der Waals surface area contributed by atoms with Crippen molar-refractivity contribution >= 4 is 17.1 Å². The van der Waals surface area contributed by atoms with Gasteiger partial charge >= 0.3 is 6.01 Å². The van der Waals surface area contributed by atoms with Crippen molar-refractivity contribution in [2.24, 2.45) is 7.05 Å². The van der Waals surface area contributed by atoms with Gasteiger partial charge in [-0.2, -0.15) is 9.97 Å². The summed E-state index contributed by atoms with van der Waals surface area (Å²) in [4.78, 5) is 26.9. The van der Waals surface area contributed by atoms with Gasteiger partial charge in [0.25, 0.3) is 5.56 Å². The van der Waals surface area contributed by atoms with Gasteiger partial charge in [-0.15, -0.1) is 0 Å². The van der Waals surface area contributed by atoms with E-state index in [1.807, 2.05) is 0 Å². The molecule has 1 saturated heterocycles. The van der Waals surface area contributed by atoms with Crippen LogP contribution in [0.1, 0.15) is 32.1 Å². The number of nitrogens with zero attached hydrogens (tertiary/aromatic N) is 4. The maximum atomic E-state index is 12.6. The molecule has 0 unspecified atom stereocenters. The summed E-state index contributed by atoms with van der Waals surface area (Å²) in [6.45, 7) is 3.56. The second kappa shape index (κ2) is 6.43. The number of H-pyrrole nitrogens is 1. The second-order valence-corrected chi connectivity index (χ2v) is 6.63. The largest absolute Gasteiger partial charge is 0.461 e. The van der Waals surface area contributed by atoms with Gasteiger partial charge in [-0.05, 0) is 25.7 Å². The van der Waals surface area contributed by atoms with E-state index in [2.05, 4.69) is 25.2 Å². The molecule has 4 rings (SSSR count). The highest BCUT2D eigenvalue weighted by Crippen LogP contribution is 2.23. The van der Waals surface area contributed by atoms with Crippen LogP contribution in [-0.2, 0) is 7.05 Å². The molecule has 1 aliphatic heterocycles. The highest BCUT2D eigenvalue weighted by atomic mass is 16.5. The molecular formula is C16H24N6O2. The fraction of sp³-hybridized carbons (Fsp3) is 0.688. The zero-order chi connectivity index (χ0) is 16.5. The smallest absolute Gasteiger partial charge is 0.301 e. The highest BCUT2D eigenvalue weighted by molar-refractivity contribution is 5.73. The Hall–Kier alpha value is -2.09. The first-order chi connectivity index (χ1) is 11.7. The summed E-state index contributed by atoms with van der Waals surface area (Å²) < 4.78 is 7.49. The van der Waals surface area contributed by atoms with E-state index in [1.165, 1.54) is 23.8 Å². The first-order valence-electron chi connectivity index (χ1n) is 8.81. The third kappa shape index (κ3) is 2.86. The summed E-state index contributed by atoms with van der Waals surface area (Å²) in [5.41, 5.74) is 0.749. The van der Waals surface area contributed by atoms with Gasteiger partial charge in [-0.1, -0.05) is 6.42 Å². The second-order valence-electron chi connectivity index (χ2n) is 6.63. The topological polar surface area (TPSA) is 88.1 Å². The SMILES string of the molecule is Cn1c(OC2CCCCC2)nc2nc(N3CCNCC3)[nH]c2c1=O. The summed E-state index contributed by atoms with van der Waals surface area (Å²) in [5.74, 6) is 0.714. The lowest BCUT2D eigenvalue weighted by Crippen LogP contribution is -2.44. The van der Waals surface area contributed by atoms with Crippen LogP contribution in [0, 0.1) is 0 Å². The lowest BCUT2D eigenvalue weighted by molar-refractivity contribution is 0.135. The predicted molar refractivity (Wildman–Crippen MR) is 91.7 cm³/mol. The Morgan fingerprint density at radius 1 is 1.12 bits per heavy atom. The van der Waals surface area contributed by atoms with Gasteiger partial charge in [0, 0.05) is 33.2 Å². The Labute approximate surface area is 140 Å². The molecule has 2 aliphatic rings. The van der Waals surface area contributed by atoms with E-state index in [4.69, 9.17) is 4.74 Å². The Kier molecular flexibility index (Phi) is 4.13. The molecule has 2 fully saturated rings. The number of aromatic amines is 1. The average Bonchev–Trinajstić information content (AvgIpc) is 3.05. The predicted octanol–water partition coefficient (Wildman–Crippen LogP) is 0.778. The van der Waals surface area contributed by atoms with E-state index in [0.717, 1.165) is 39.0 Å². The summed E-state index contributed by atoms with van der Waals surface area (Å²) in [6.07, 6.45) is 5.83. The number of anilines is 1. The maximum Gasteiger partial charge on any atom is 0.301 e. The summed E-state index contributed by atoms with van der Waals surface area (Å²) in [6, 6.07) is 0.373. The molecule has 0 bridgehead atoms. The molecule has 8 nitrogen and oxygen atoms in total. The maximum absolute atomic E-state index is 12.6. The first kappa shape index (κ1) is 15.4. The molecule has 130 valence electrons. The van der Waals surface area contributed by atoms with Gasteiger partial charge in [-0.3, -0.25) is 9.36 Å². The molecule has 2 aromatic rings. The number of hydrogen-bond donors (Lipinski definition) is 2. The van der Waals surface area contributed by atoms with Crippen LogP contribution in [0.15, 0.2) is 4.79 Å². The van der Waals surface area contributed by atoms with E-state index in [9.17, 15) is 4.79 Å². The van der Waals surface area contributed by atoms with Crippen LogP contribution in [0.25, 0.3) is 11.2 Å². The van der Waals surface area contributed by atoms with Crippen molar-refractivity contribution in [1.82, 2.24) is 24.8 Å². The van der Waals surface area contributed by atoms with Crippen LogP contribution in [0.2, 0.25) is 0 Å². The minimum atomic E-state index is -0.139. The third-order valence-corrected chi connectivity index (χ3v) is 4.92. The number of imidazole rings is 1. The number of fused-ring (bicyclic) bond motifs is 1. The van der Waals surface area contributed by atoms with Crippen molar-refractivity contribution in [3.8, 4) is 6.01 Å². The minimum Gasteiger partial charge on any atom is -0.461 e. The molecule has 8 heteroatoms. The molecule has 24 heavy (non-hydrogen) atoms. The minimum absolute atomic E-state index is 0.139. The monoisotopic (exact) mass is 332 g/mol. The molecule has 2 aromatic heterocycles. The van der Waals surface area contributed by atoms with Gasteiger partial charge in [0.05, 0.1) is 0 Å². The van der Waals surface area contributed by atoms with Crippen molar-refractivity contribution in [1.29, 1.82) is 0 Å². The van der Waals surface area contributed by atoms with Crippen LogP contribution >= 0.6 is 0 Å². The molecule has 0 radical (unpaired) electrons. The van der Waals surface area contributed by atoms with Crippen molar-refractivity contribution < 1.29 is 4.74 Å². The van der Waals surface area contributed by atoms with E-state index in [1.54, 1.807) is 7.05 Å². The van der Waals surface area contributed by atoms with E-state index in [-0.39, 0.29) is 11.7 Å². The number of piperazine rings is 1. The number of hydrogen-bond acceptors (Lipinski definition) is 6. The summed E-state index contributed by atoms with van der Waals surface area (Å²) >= 11 is 0. The molecule has 0 aromatic carbocycles. The van der Waals surface area contributed by atoms with E-state index < -0.39 is 0 Å². The summed E-state index contributed by atoms with van der Waals surface area (Å²) in [5, 5.41) is 3.31. The molecule has 1 aliphatic carbocycles. The molecular weight excluding hydrogens is 308 g/mol. The fourth-order valence-electron chi connectivity index (χ4n) is 3.47. The standard InChI is InChI=1S/C16H24N6O2/c1-21-14(23)12-13(19-15(18-12)22-9-7-17-8-10-22)20-16(21)24-11-5-3-2-4-6-11/h11,17H,2-10H2,1H3,(H,18,19). The Morgan fingerprint density at radius 2 is 1.88 bits per heavy atom. The normalized spacial score (nSPS) is 19.8. The van der Waals surface area contributed by atoms with Crippen LogP contribution in [0.5, 0.6) is 6.01 Å². The molecule has 0 atom stereocenters. The van der Waals surface area contributed by atoms with Gasteiger partial charge in [-0.25, -0.2) is 0 Å². The van der Waals surface area contributed by atoms with Crippen LogP contribution in [0.3, 0.4) is 0 Å². The van der Waals surface area contributed by atoms with Gasteiger partial charge in [0.1, 0.15) is 6.10 Å². The van der Waals surface area contributed by atoms with E-state index >= 15 is 0 Å². The highest BCUT2D eigenvalue weighted by Gasteiger charge is 2.21. The fourth-order valence-corrected chi connectivity index (χ4v) is 3.47. The van der Waals surface area contributed by atoms with Crippen LogP contribution < -0.4 is 20.5 Å². The quantitative estimate of drug-likeness (QED) is 0.863. The van der Waals surface area contributed by atoms with Crippen molar-refractivity contribution in [3.05, 3.63) is 10.4 Å². The number of ether oxygens (including phenoxy) is 1. The molecule has 0 spiro atoms. The molecule has 3 heterocycles. The first-order valence-corrected chi connectivity index (χ1v) is 8.81. The van der Waals surface area contributed by atoms with Gasteiger partial charge in [0.2, 0.25) is 5.95 Å². The zero-order valence-electron chi connectivity index (χ0n) is 14.0. The zero-order valence-corrected chi connectivity index (χ0v) is 14.0. The lowest BCUT2D eigenvalue weighted by atomic mass is 9.98. The number of aromatic nitrogens is 4.